The fourth-order valence-electron chi connectivity index (χ4n) is 0.938. The van der Waals surface area contributed by atoms with Crippen molar-refractivity contribution in [1.82, 2.24) is 0 Å². The number of hydrogen-bond donors (Lipinski definition) is 4. The van der Waals surface area contributed by atoms with Crippen LogP contribution in [0.2, 0.25) is 0 Å². The highest BCUT2D eigenvalue weighted by Crippen LogP contribution is 2.19. The van der Waals surface area contributed by atoms with E-state index in [0.717, 1.165) is 0 Å². The molecule has 1 aliphatic heterocycles. The standard InChI is InChI=1S/C6H11O5/c7-1-4-6(10)5(9)3(8)2-11-4/h4-10H,1-2H2/t4-,5-,6+/m0/s1. The Morgan fingerprint density at radius 2 is 2.09 bits per heavy atom. The monoisotopic (exact) mass is 163 g/mol. The average Bonchev–Trinajstić information content (AvgIpc) is 2.01. The van der Waals surface area contributed by atoms with E-state index in [1.54, 1.807) is 0 Å². The van der Waals surface area contributed by atoms with Crippen LogP contribution in [0.1, 0.15) is 0 Å². The van der Waals surface area contributed by atoms with Gasteiger partial charge in [-0.3, -0.25) is 0 Å². The maximum atomic E-state index is 9.09. The second-order valence-corrected chi connectivity index (χ2v) is 2.46. The molecule has 0 aromatic heterocycles. The molecule has 1 rings (SSSR count). The first-order chi connectivity index (χ1) is 5.16. The normalized spacial score (nSPS) is 40.9. The van der Waals surface area contributed by atoms with Crippen LogP contribution in [0.25, 0.3) is 0 Å². The Morgan fingerprint density at radius 3 is 2.64 bits per heavy atom. The number of ether oxygens (including phenoxy) is 1. The Labute approximate surface area is 63.8 Å². The molecular formula is C6H11O5. The molecule has 4 N–H and O–H groups in total. The number of hydrogen-bond acceptors (Lipinski definition) is 5. The summed E-state index contributed by atoms with van der Waals surface area (Å²) in [6, 6.07) is 0. The van der Waals surface area contributed by atoms with Crippen molar-refractivity contribution in [2.24, 2.45) is 0 Å². The van der Waals surface area contributed by atoms with Gasteiger partial charge in [-0.15, -0.1) is 0 Å². The molecule has 0 aliphatic carbocycles. The second kappa shape index (κ2) is 3.46. The quantitative estimate of drug-likeness (QED) is 0.359. The molecule has 11 heavy (non-hydrogen) atoms. The first kappa shape index (κ1) is 8.89. The molecule has 0 aromatic carbocycles. The molecule has 1 heterocycles. The van der Waals surface area contributed by atoms with Crippen LogP contribution in [-0.4, -0.2) is 52.0 Å². The highest BCUT2D eigenvalue weighted by Gasteiger charge is 2.37. The van der Waals surface area contributed by atoms with Gasteiger partial charge in [0.2, 0.25) is 0 Å². The van der Waals surface area contributed by atoms with Gasteiger partial charge in [-0.1, -0.05) is 0 Å². The average molecular weight is 163 g/mol. The minimum Gasteiger partial charge on any atom is -0.394 e. The molecule has 0 unspecified atom stereocenters. The van der Waals surface area contributed by atoms with E-state index in [0.29, 0.717) is 0 Å². The molecule has 5 heteroatoms. The summed E-state index contributed by atoms with van der Waals surface area (Å²) < 4.78 is 4.78. The van der Waals surface area contributed by atoms with Crippen molar-refractivity contribution < 1.29 is 25.2 Å². The SMILES string of the molecule is OC[C@@H]1OC[C](O)[C@H](O)[C@@H]1O. The van der Waals surface area contributed by atoms with Gasteiger partial charge in [-0.2, -0.15) is 0 Å². The van der Waals surface area contributed by atoms with E-state index < -0.39 is 18.3 Å². The zero-order chi connectivity index (χ0) is 8.43. The van der Waals surface area contributed by atoms with E-state index in [1.807, 2.05) is 0 Å². The first-order valence-electron chi connectivity index (χ1n) is 3.30. The van der Waals surface area contributed by atoms with E-state index in [-0.39, 0.29) is 19.3 Å². The van der Waals surface area contributed by atoms with Crippen molar-refractivity contribution in [3.8, 4) is 0 Å². The van der Waals surface area contributed by atoms with Crippen molar-refractivity contribution in [3.63, 3.8) is 0 Å². The molecule has 0 bridgehead atoms. The lowest BCUT2D eigenvalue weighted by molar-refractivity contribution is -0.160. The minimum absolute atomic E-state index is 0.135. The van der Waals surface area contributed by atoms with Crippen molar-refractivity contribution in [1.29, 1.82) is 0 Å². The molecule has 5 nitrogen and oxygen atoms in total. The van der Waals surface area contributed by atoms with E-state index >= 15 is 0 Å². The van der Waals surface area contributed by atoms with Crippen LogP contribution in [0.3, 0.4) is 0 Å². The fourth-order valence-corrected chi connectivity index (χ4v) is 0.938. The third kappa shape index (κ3) is 1.69. The van der Waals surface area contributed by atoms with Crippen LogP contribution in [-0.2, 0) is 4.74 Å². The van der Waals surface area contributed by atoms with E-state index in [4.69, 9.17) is 25.2 Å². The summed E-state index contributed by atoms with van der Waals surface area (Å²) in [5.74, 6) is 0. The van der Waals surface area contributed by atoms with Crippen molar-refractivity contribution in [2.75, 3.05) is 13.2 Å². The summed E-state index contributed by atoms with van der Waals surface area (Å²) in [6.07, 6.45) is -3.65. The summed E-state index contributed by atoms with van der Waals surface area (Å²) in [5, 5.41) is 35.6. The Hall–Kier alpha value is -0.200. The Bertz CT molecular complexity index is 126. The topological polar surface area (TPSA) is 90.2 Å². The number of aliphatic hydroxyl groups is 4. The predicted octanol–water partition coefficient (Wildman–Crippen LogP) is -2.00. The Kier molecular flexibility index (Phi) is 2.80. The van der Waals surface area contributed by atoms with Crippen LogP contribution in [0, 0.1) is 6.10 Å². The summed E-state index contributed by atoms with van der Waals surface area (Å²) in [4.78, 5) is 0. The van der Waals surface area contributed by atoms with Crippen LogP contribution >= 0.6 is 0 Å². The lowest BCUT2D eigenvalue weighted by Crippen LogP contribution is -2.50. The molecule has 0 aromatic rings. The maximum Gasteiger partial charge on any atom is 0.150 e. The summed E-state index contributed by atoms with van der Waals surface area (Å²) >= 11 is 0. The van der Waals surface area contributed by atoms with Gasteiger partial charge in [0.15, 0.2) is 0 Å². The molecule has 0 amide bonds. The zero-order valence-electron chi connectivity index (χ0n) is 5.84. The Morgan fingerprint density at radius 1 is 1.45 bits per heavy atom. The van der Waals surface area contributed by atoms with Crippen molar-refractivity contribution >= 4 is 0 Å². The minimum atomic E-state index is -1.30. The summed E-state index contributed by atoms with van der Waals surface area (Å²) in [5.41, 5.74) is 0. The Balaban J connectivity index is 2.52. The molecule has 1 aliphatic rings. The smallest absolute Gasteiger partial charge is 0.150 e. The van der Waals surface area contributed by atoms with Gasteiger partial charge in [0.05, 0.1) is 13.2 Å². The van der Waals surface area contributed by atoms with E-state index in [2.05, 4.69) is 0 Å². The van der Waals surface area contributed by atoms with Crippen LogP contribution < -0.4 is 0 Å². The van der Waals surface area contributed by atoms with Crippen LogP contribution in [0.4, 0.5) is 0 Å². The van der Waals surface area contributed by atoms with Gasteiger partial charge in [-0.25, -0.2) is 0 Å². The van der Waals surface area contributed by atoms with Gasteiger partial charge < -0.3 is 25.2 Å². The first-order valence-corrected chi connectivity index (χ1v) is 3.30. The summed E-state index contributed by atoms with van der Waals surface area (Å²) in [6.45, 7) is -0.505. The van der Waals surface area contributed by atoms with Gasteiger partial charge in [-0.05, 0) is 0 Å². The molecule has 1 radical (unpaired) electrons. The number of rotatable bonds is 1. The zero-order valence-corrected chi connectivity index (χ0v) is 5.84. The molecule has 3 atom stereocenters. The second-order valence-electron chi connectivity index (χ2n) is 2.46. The highest BCUT2D eigenvalue weighted by atomic mass is 16.5. The maximum absolute atomic E-state index is 9.09. The van der Waals surface area contributed by atoms with E-state index in [9.17, 15) is 0 Å². The molecule has 0 saturated carbocycles. The number of aliphatic hydroxyl groups excluding tert-OH is 4. The van der Waals surface area contributed by atoms with E-state index in [1.165, 1.54) is 0 Å². The highest BCUT2D eigenvalue weighted by molar-refractivity contribution is 4.97. The third-order valence-electron chi connectivity index (χ3n) is 1.67. The van der Waals surface area contributed by atoms with Crippen molar-refractivity contribution in [2.45, 2.75) is 18.3 Å². The van der Waals surface area contributed by atoms with Gasteiger partial charge in [0.25, 0.3) is 0 Å². The lowest BCUT2D eigenvalue weighted by atomic mass is 10.0. The molecule has 0 spiro atoms. The van der Waals surface area contributed by atoms with Crippen molar-refractivity contribution in [3.05, 3.63) is 6.10 Å². The van der Waals surface area contributed by atoms with Gasteiger partial charge in [0.1, 0.15) is 24.4 Å². The molecular weight excluding hydrogens is 152 g/mol. The van der Waals surface area contributed by atoms with Gasteiger partial charge in [0, 0.05) is 0 Å². The third-order valence-corrected chi connectivity index (χ3v) is 1.67. The predicted molar refractivity (Wildman–Crippen MR) is 34.0 cm³/mol. The molecule has 1 fully saturated rings. The van der Waals surface area contributed by atoms with Crippen LogP contribution in [0.5, 0.6) is 0 Å². The lowest BCUT2D eigenvalue weighted by Gasteiger charge is -2.33. The fraction of sp³-hybridized carbons (Fsp3) is 0.833. The summed E-state index contributed by atoms with van der Waals surface area (Å²) in [7, 11) is 0. The molecule has 1 saturated heterocycles. The van der Waals surface area contributed by atoms with Crippen LogP contribution in [0.15, 0.2) is 0 Å². The molecule has 65 valence electrons. The van der Waals surface area contributed by atoms with Gasteiger partial charge >= 0.3 is 0 Å². The largest absolute Gasteiger partial charge is 0.394 e.